The minimum Gasteiger partial charge on any atom is -0.406 e. The highest BCUT2D eigenvalue weighted by molar-refractivity contribution is 6.02. The summed E-state index contributed by atoms with van der Waals surface area (Å²) in [4.78, 5) is 9.79. The van der Waals surface area contributed by atoms with Crippen molar-refractivity contribution in [3.63, 3.8) is 0 Å². The second kappa shape index (κ2) is 9.01. The zero-order chi connectivity index (χ0) is 23.0. The van der Waals surface area contributed by atoms with E-state index < -0.39 is 6.36 Å². The molecule has 33 heavy (non-hydrogen) atoms. The molecule has 0 aromatic heterocycles. The number of aliphatic imine (C=N–C) groups is 1. The highest BCUT2D eigenvalue weighted by Gasteiger charge is 2.33. The molecule has 1 unspecified atom stereocenters. The first-order chi connectivity index (χ1) is 15.8. The van der Waals surface area contributed by atoms with Crippen LogP contribution in [0, 0.1) is 18.8 Å². The van der Waals surface area contributed by atoms with E-state index in [4.69, 9.17) is 4.99 Å². The number of likely N-dealkylation sites (tertiary alicyclic amines) is 1. The predicted molar refractivity (Wildman–Crippen MR) is 123 cm³/mol. The largest absolute Gasteiger partial charge is 0.573 e. The monoisotopic (exact) mass is 457 g/mol. The van der Waals surface area contributed by atoms with Crippen LogP contribution in [0.15, 0.2) is 47.5 Å². The van der Waals surface area contributed by atoms with Crippen LogP contribution < -0.4 is 4.74 Å². The minimum atomic E-state index is -4.70. The van der Waals surface area contributed by atoms with Gasteiger partial charge < -0.3 is 14.5 Å². The van der Waals surface area contributed by atoms with Crippen LogP contribution in [0.2, 0.25) is 0 Å². The highest BCUT2D eigenvalue weighted by Crippen LogP contribution is 2.35. The number of ether oxygens (including phenoxy) is 1. The first kappa shape index (κ1) is 22.3. The average molecular weight is 458 g/mol. The van der Waals surface area contributed by atoms with E-state index >= 15 is 0 Å². The molecule has 4 nitrogen and oxygen atoms in total. The number of halogens is 3. The number of hydrogen-bond acceptors (Lipinski definition) is 4. The van der Waals surface area contributed by atoms with Crippen molar-refractivity contribution in [2.75, 3.05) is 26.2 Å². The van der Waals surface area contributed by atoms with Crippen molar-refractivity contribution >= 4 is 11.5 Å². The van der Waals surface area contributed by atoms with Crippen LogP contribution in [-0.4, -0.2) is 48.2 Å². The number of aryl methyl sites for hydroxylation is 1. The van der Waals surface area contributed by atoms with Gasteiger partial charge in [-0.05, 0) is 74.8 Å². The maximum Gasteiger partial charge on any atom is 0.573 e. The fourth-order valence-electron chi connectivity index (χ4n) is 5.11. The van der Waals surface area contributed by atoms with Crippen molar-refractivity contribution in [3.05, 3.63) is 59.2 Å². The smallest absolute Gasteiger partial charge is 0.406 e. The van der Waals surface area contributed by atoms with Crippen LogP contribution in [0.1, 0.15) is 42.4 Å². The molecule has 176 valence electrons. The van der Waals surface area contributed by atoms with E-state index in [0.717, 1.165) is 41.5 Å². The Bertz CT molecular complexity index is 1030. The van der Waals surface area contributed by atoms with E-state index in [2.05, 4.69) is 33.6 Å². The van der Waals surface area contributed by atoms with Crippen molar-refractivity contribution in [2.24, 2.45) is 16.8 Å². The molecule has 2 fully saturated rings. The van der Waals surface area contributed by atoms with E-state index in [1.165, 1.54) is 50.9 Å². The van der Waals surface area contributed by atoms with Crippen LogP contribution in [0.3, 0.4) is 0 Å². The molecule has 0 N–H and O–H groups in total. The molecular weight excluding hydrogens is 427 g/mol. The van der Waals surface area contributed by atoms with Crippen molar-refractivity contribution in [1.82, 2.24) is 9.80 Å². The number of alkyl halides is 3. The molecule has 1 saturated carbocycles. The summed E-state index contributed by atoms with van der Waals surface area (Å²) in [7, 11) is 0. The molecule has 7 heteroatoms. The van der Waals surface area contributed by atoms with E-state index in [1.807, 2.05) is 12.1 Å². The van der Waals surface area contributed by atoms with Gasteiger partial charge in [0.1, 0.15) is 11.6 Å². The zero-order valence-electron chi connectivity index (χ0n) is 18.9. The van der Waals surface area contributed by atoms with Crippen LogP contribution in [0.25, 0.3) is 0 Å². The lowest BCUT2D eigenvalue weighted by Crippen LogP contribution is -2.44. The molecule has 3 aliphatic rings. The zero-order valence-corrected chi connectivity index (χ0v) is 18.9. The second-order valence-corrected chi connectivity index (χ2v) is 9.68. The van der Waals surface area contributed by atoms with E-state index in [9.17, 15) is 13.2 Å². The lowest BCUT2D eigenvalue weighted by Gasteiger charge is -2.38. The SMILES string of the molecule is Cc1ccccc1C1=Nc2ccc(OC(F)(F)F)cc2CN1CC1CCCN(CC2CC2)C1. The van der Waals surface area contributed by atoms with Gasteiger partial charge in [0.2, 0.25) is 0 Å². The maximum atomic E-state index is 12.8. The Morgan fingerprint density at radius 1 is 1.03 bits per heavy atom. The first-order valence-electron chi connectivity index (χ1n) is 11.8. The molecule has 5 rings (SSSR count). The van der Waals surface area contributed by atoms with Crippen LogP contribution >= 0.6 is 0 Å². The summed E-state index contributed by atoms with van der Waals surface area (Å²) in [6.45, 7) is 6.90. The Morgan fingerprint density at radius 2 is 1.85 bits per heavy atom. The molecular formula is C26H30F3N3O. The summed E-state index contributed by atoms with van der Waals surface area (Å²) in [6.07, 6.45) is 0.378. The summed E-state index contributed by atoms with van der Waals surface area (Å²) in [6, 6.07) is 12.6. The molecule has 0 spiro atoms. The molecule has 1 atom stereocenters. The fourth-order valence-corrected chi connectivity index (χ4v) is 5.11. The van der Waals surface area contributed by atoms with Gasteiger partial charge >= 0.3 is 6.36 Å². The molecule has 0 amide bonds. The molecule has 1 aliphatic carbocycles. The number of nitrogens with zero attached hydrogens (tertiary/aromatic N) is 3. The molecule has 0 radical (unpaired) electrons. The summed E-state index contributed by atoms with van der Waals surface area (Å²) >= 11 is 0. The van der Waals surface area contributed by atoms with Gasteiger partial charge in [-0.3, -0.25) is 0 Å². The van der Waals surface area contributed by atoms with Crippen LogP contribution in [0.4, 0.5) is 18.9 Å². The number of benzene rings is 2. The number of hydrogen-bond donors (Lipinski definition) is 0. The molecule has 0 bridgehead atoms. The van der Waals surface area contributed by atoms with Crippen LogP contribution in [0.5, 0.6) is 5.75 Å². The van der Waals surface area contributed by atoms with Gasteiger partial charge in [0.25, 0.3) is 0 Å². The molecule has 2 aromatic rings. The summed E-state index contributed by atoms with van der Waals surface area (Å²) < 4.78 is 42.4. The Balaban J connectivity index is 1.41. The summed E-state index contributed by atoms with van der Waals surface area (Å²) in [5, 5.41) is 0. The van der Waals surface area contributed by atoms with Crippen molar-refractivity contribution in [2.45, 2.75) is 45.5 Å². The minimum absolute atomic E-state index is 0.191. The lowest BCUT2D eigenvalue weighted by atomic mass is 9.95. The Kier molecular flexibility index (Phi) is 6.08. The van der Waals surface area contributed by atoms with Gasteiger partial charge in [0.05, 0.1) is 5.69 Å². The van der Waals surface area contributed by atoms with Gasteiger partial charge in [-0.1, -0.05) is 24.3 Å². The molecule has 2 aromatic carbocycles. The van der Waals surface area contributed by atoms with Gasteiger partial charge in [-0.15, -0.1) is 13.2 Å². The van der Waals surface area contributed by atoms with Gasteiger partial charge in [-0.25, -0.2) is 4.99 Å². The Hall–Kier alpha value is -2.54. The quantitative estimate of drug-likeness (QED) is 0.540. The normalized spacial score (nSPS) is 21.5. The Morgan fingerprint density at radius 3 is 2.61 bits per heavy atom. The third kappa shape index (κ3) is 5.52. The standard InChI is InChI=1S/C26H30F3N3O/c1-18-5-2-3-7-23(18)25-30-24-11-10-22(33-26(27,28)29)13-21(24)17-32(25)16-20-6-4-12-31(15-20)14-19-8-9-19/h2-3,5,7,10-11,13,19-20H,4,6,8-9,12,14-17H2,1H3. The lowest BCUT2D eigenvalue weighted by molar-refractivity contribution is -0.274. The third-order valence-electron chi connectivity index (χ3n) is 6.85. The fraction of sp³-hybridized carbons (Fsp3) is 0.500. The number of fused-ring (bicyclic) bond motifs is 1. The van der Waals surface area contributed by atoms with E-state index in [1.54, 1.807) is 6.07 Å². The first-order valence-corrected chi connectivity index (χ1v) is 11.8. The summed E-state index contributed by atoms with van der Waals surface area (Å²) in [5.41, 5.74) is 3.68. The van der Waals surface area contributed by atoms with Crippen molar-refractivity contribution < 1.29 is 17.9 Å². The second-order valence-electron chi connectivity index (χ2n) is 9.68. The van der Waals surface area contributed by atoms with Gasteiger partial charge in [0, 0.05) is 37.3 Å². The predicted octanol–water partition coefficient (Wildman–Crippen LogP) is 5.91. The number of amidine groups is 1. The van der Waals surface area contributed by atoms with E-state index in [-0.39, 0.29) is 5.75 Å². The van der Waals surface area contributed by atoms with Crippen molar-refractivity contribution in [1.29, 1.82) is 0 Å². The Labute approximate surface area is 193 Å². The maximum absolute atomic E-state index is 12.8. The van der Waals surface area contributed by atoms with E-state index in [0.29, 0.717) is 18.2 Å². The average Bonchev–Trinajstić information content (AvgIpc) is 3.57. The van der Waals surface area contributed by atoms with Gasteiger partial charge in [0.15, 0.2) is 0 Å². The highest BCUT2D eigenvalue weighted by atomic mass is 19.4. The van der Waals surface area contributed by atoms with Crippen LogP contribution in [-0.2, 0) is 6.54 Å². The number of rotatable bonds is 6. The van der Waals surface area contributed by atoms with Gasteiger partial charge in [-0.2, -0.15) is 0 Å². The van der Waals surface area contributed by atoms with Crippen molar-refractivity contribution in [3.8, 4) is 5.75 Å². The topological polar surface area (TPSA) is 28.1 Å². The number of piperidine rings is 1. The molecule has 2 aliphatic heterocycles. The molecule has 2 heterocycles. The summed E-state index contributed by atoms with van der Waals surface area (Å²) in [5.74, 6) is 2.11. The third-order valence-corrected chi connectivity index (χ3v) is 6.85. The molecule has 1 saturated heterocycles.